The summed E-state index contributed by atoms with van der Waals surface area (Å²) in [7, 11) is 0. The first-order valence-electron chi connectivity index (χ1n) is 7.91. The fourth-order valence-corrected chi connectivity index (χ4v) is 4.11. The van der Waals surface area contributed by atoms with Crippen LogP contribution in [0.2, 0.25) is 0 Å². The molecular weight excluding hydrogens is 222 g/mol. The predicted octanol–water partition coefficient (Wildman–Crippen LogP) is 2.76. The second kappa shape index (κ2) is 5.50. The second-order valence-electron chi connectivity index (χ2n) is 6.46. The fraction of sp³-hybridized carbons (Fsp3) is 0.933. The summed E-state index contributed by atoms with van der Waals surface area (Å²) < 4.78 is 0. The standard InChI is InChI=1S/C15H27N3/c16-15(17-14-7-3-4-8-14)18-10-9-12-5-1-2-6-13(12)11-18/h12-14H,1-11H2,(H2,16,17). The van der Waals surface area contributed by atoms with Crippen molar-refractivity contribution in [3.05, 3.63) is 0 Å². The molecule has 3 heteroatoms. The van der Waals surface area contributed by atoms with Crippen LogP contribution < -0.4 is 5.73 Å². The van der Waals surface area contributed by atoms with Gasteiger partial charge in [0.25, 0.3) is 0 Å². The summed E-state index contributed by atoms with van der Waals surface area (Å²) in [6, 6.07) is 0.522. The van der Waals surface area contributed by atoms with Gasteiger partial charge in [-0.25, -0.2) is 4.99 Å². The lowest BCUT2D eigenvalue weighted by Gasteiger charge is -2.41. The van der Waals surface area contributed by atoms with Crippen molar-refractivity contribution in [2.75, 3.05) is 13.1 Å². The van der Waals surface area contributed by atoms with Crippen LogP contribution in [-0.2, 0) is 0 Å². The third-order valence-electron chi connectivity index (χ3n) is 5.25. The van der Waals surface area contributed by atoms with E-state index in [1.54, 1.807) is 0 Å². The van der Waals surface area contributed by atoms with E-state index < -0.39 is 0 Å². The van der Waals surface area contributed by atoms with E-state index in [-0.39, 0.29) is 0 Å². The van der Waals surface area contributed by atoms with E-state index >= 15 is 0 Å². The SMILES string of the molecule is NC(=NC1CCCC1)N1CCC2CCCCC2C1. The molecular formula is C15H27N3. The Labute approximate surface area is 111 Å². The molecule has 3 nitrogen and oxygen atoms in total. The minimum absolute atomic E-state index is 0.522. The van der Waals surface area contributed by atoms with Gasteiger partial charge < -0.3 is 10.6 Å². The van der Waals surface area contributed by atoms with Gasteiger partial charge in [-0.15, -0.1) is 0 Å². The molecule has 0 aromatic carbocycles. The first-order valence-corrected chi connectivity index (χ1v) is 7.91. The molecule has 102 valence electrons. The molecule has 1 saturated heterocycles. The summed E-state index contributed by atoms with van der Waals surface area (Å²) in [6.07, 6.45) is 12.3. The van der Waals surface area contributed by atoms with Gasteiger partial charge >= 0.3 is 0 Å². The molecule has 0 aromatic rings. The van der Waals surface area contributed by atoms with Crippen molar-refractivity contribution < 1.29 is 0 Å². The molecule has 2 saturated carbocycles. The van der Waals surface area contributed by atoms with E-state index in [9.17, 15) is 0 Å². The number of aliphatic imine (C=N–C) groups is 1. The molecule has 3 fully saturated rings. The average Bonchev–Trinajstić information content (AvgIpc) is 2.91. The summed E-state index contributed by atoms with van der Waals surface area (Å²) >= 11 is 0. The Kier molecular flexibility index (Phi) is 3.76. The number of rotatable bonds is 1. The highest BCUT2D eigenvalue weighted by Crippen LogP contribution is 2.36. The predicted molar refractivity (Wildman–Crippen MR) is 75.5 cm³/mol. The van der Waals surface area contributed by atoms with Gasteiger partial charge in [0.2, 0.25) is 0 Å². The van der Waals surface area contributed by atoms with Crippen LogP contribution in [0.15, 0.2) is 4.99 Å². The van der Waals surface area contributed by atoms with Crippen molar-refractivity contribution in [1.29, 1.82) is 0 Å². The van der Waals surface area contributed by atoms with Gasteiger partial charge in [0.1, 0.15) is 0 Å². The fourth-order valence-electron chi connectivity index (χ4n) is 4.11. The third-order valence-corrected chi connectivity index (χ3v) is 5.25. The number of piperidine rings is 1. The molecule has 2 unspecified atom stereocenters. The van der Waals surface area contributed by atoms with Crippen molar-refractivity contribution in [2.24, 2.45) is 22.6 Å². The Bertz CT molecular complexity index is 307. The molecule has 1 aliphatic heterocycles. The highest BCUT2D eigenvalue weighted by molar-refractivity contribution is 5.78. The van der Waals surface area contributed by atoms with Crippen LogP contribution in [-0.4, -0.2) is 30.0 Å². The lowest BCUT2D eigenvalue weighted by Crippen LogP contribution is -2.48. The molecule has 3 aliphatic rings. The summed E-state index contributed by atoms with van der Waals surface area (Å²) in [6.45, 7) is 2.32. The van der Waals surface area contributed by atoms with Gasteiger partial charge in [0.05, 0.1) is 6.04 Å². The maximum Gasteiger partial charge on any atom is 0.191 e. The van der Waals surface area contributed by atoms with Gasteiger partial charge in [-0.2, -0.15) is 0 Å². The van der Waals surface area contributed by atoms with Crippen LogP contribution in [0, 0.1) is 11.8 Å². The van der Waals surface area contributed by atoms with Crippen molar-refractivity contribution in [2.45, 2.75) is 63.8 Å². The second-order valence-corrected chi connectivity index (χ2v) is 6.46. The smallest absolute Gasteiger partial charge is 0.191 e. The summed E-state index contributed by atoms with van der Waals surface area (Å²) in [4.78, 5) is 7.12. The van der Waals surface area contributed by atoms with Crippen LogP contribution in [0.1, 0.15) is 57.8 Å². The van der Waals surface area contributed by atoms with Crippen molar-refractivity contribution in [1.82, 2.24) is 4.90 Å². The Morgan fingerprint density at radius 1 is 0.889 bits per heavy atom. The zero-order valence-corrected chi connectivity index (χ0v) is 11.5. The van der Waals surface area contributed by atoms with E-state index in [1.807, 2.05) is 0 Å². The Balaban J connectivity index is 1.59. The molecule has 0 bridgehead atoms. The van der Waals surface area contributed by atoms with Gasteiger partial charge in [-0.3, -0.25) is 0 Å². The number of hydrogen-bond donors (Lipinski definition) is 1. The largest absolute Gasteiger partial charge is 0.370 e. The zero-order valence-electron chi connectivity index (χ0n) is 11.5. The molecule has 2 atom stereocenters. The van der Waals surface area contributed by atoms with E-state index in [0.29, 0.717) is 6.04 Å². The van der Waals surface area contributed by atoms with Crippen LogP contribution in [0.25, 0.3) is 0 Å². The molecule has 0 radical (unpaired) electrons. The van der Waals surface area contributed by atoms with Crippen LogP contribution in [0.3, 0.4) is 0 Å². The van der Waals surface area contributed by atoms with Gasteiger partial charge in [-0.05, 0) is 37.5 Å². The Morgan fingerprint density at radius 2 is 1.56 bits per heavy atom. The molecule has 2 aliphatic carbocycles. The maximum atomic E-state index is 6.23. The highest BCUT2D eigenvalue weighted by atomic mass is 15.3. The summed E-state index contributed by atoms with van der Waals surface area (Å²) in [5.41, 5.74) is 6.23. The number of hydrogen-bond acceptors (Lipinski definition) is 1. The molecule has 0 spiro atoms. The Hall–Kier alpha value is -0.730. The highest BCUT2D eigenvalue weighted by Gasteiger charge is 2.31. The number of guanidine groups is 1. The molecule has 0 aromatic heterocycles. The van der Waals surface area contributed by atoms with Crippen molar-refractivity contribution in [3.8, 4) is 0 Å². The van der Waals surface area contributed by atoms with E-state index in [4.69, 9.17) is 10.7 Å². The quantitative estimate of drug-likeness (QED) is 0.573. The summed E-state index contributed by atoms with van der Waals surface area (Å²) in [5, 5.41) is 0. The average molecular weight is 249 g/mol. The molecule has 2 N–H and O–H groups in total. The van der Waals surface area contributed by atoms with Crippen LogP contribution in [0.4, 0.5) is 0 Å². The van der Waals surface area contributed by atoms with Crippen LogP contribution in [0.5, 0.6) is 0 Å². The van der Waals surface area contributed by atoms with Crippen molar-refractivity contribution >= 4 is 5.96 Å². The maximum absolute atomic E-state index is 6.23. The van der Waals surface area contributed by atoms with Crippen LogP contribution >= 0.6 is 0 Å². The lowest BCUT2D eigenvalue weighted by atomic mass is 9.75. The minimum Gasteiger partial charge on any atom is -0.370 e. The van der Waals surface area contributed by atoms with Gasteiger partial charge in [0, 0.05) is 13.1 Å². The number of nitrogens with two attached hydrogens (primary N) is 1. The third kappa shape index (κ3) is 2.65. The lowest BCUT2D eigenvalue weighted by molar-refractivity contribution is 0.129. The molecule has 3 rings (SSSR count). The first-order chi connectivity index (χ1) is 8.83. The first kappa shape index (κ1) is 12.3. The monoisotopic (exact) mass is 249 g/mol. The molecule has 0 amide bonds. The zero-order chi connectivity index (χ0) is 12.4. The normalized spacial score (nSPS) is 34.7. The Morgan fingerprint density at radius 3 is 2.33 bits per heavy atom. The minimum atomic E-state index is 0.522. The number of fused-ring (bicyclic) bond motifs is 1. The van der Waals surface area contributed by atoms with E-state index in [1.165, 1.54) is 64.3 Å². The molecule has 18 heavy (non-hydrogen) atoms. The van der Waals surface area contributed by atoms with E-state index in [0.717, 1.165) is 24.3 Å². The van der Waals surface area contributed by atoms with Gasteiger partial charge in [-0.1, -0.05) is 32.1 Å². The number of likely N-dealkylation sites (tertiary alicyclic amines) is 1. The molecule has 1 heterocycles. The van der Waals surface area contributed by atoms with E-state index in [2.05, 4.69) is 4.90 Å². The topological polar surface area (TPSA) is 41.6 Å². The summed E-state index contributed by atoms with van der Waals surface area (Å²) in [5.74, 6) is 2.71. The van der Waals surface area contributed by atoms with Crippen molar-refractivity contribution in [3.63, 3.8) is 0 Å². The van der Waals surface area contributed by atoms with Gasteiger partial charge in [0.15, 0.2) is 5.96 Å². The number of nitrogens with zero attached hydrogens (tertiary/aromatic N) is 2.